The first kappa shape index (κ1) is 12.4. The first-order valence-electron chi connectivity index (χ1n) is 5.98. The largest absolute Gasteiger partial charge is 0.481 e. The van der Waals surface area contributed by atoms with Gasteiger partial charge in [0.2, 0.25) is 0 Å². The average molecular weight is 248 g/mol. The highest BCUT2D eigenvalue weighted by Crippen LogP contribution is 2.40. The van der Waals surface area contributed by atoms with E-state index in [0.717, 1.165) is 6.42 Å². The number of carbonyl (C=O) groups is 2. The first-order chi connectivity index (χ1) is 8.66. The van der Waals surface area contributed by atoms with Crippen molar-refractivity contribution in [3.8, 4) is 0 Å². The second-order valence-electron chi connectivity index (χ2n) is 4.40. The predicted octanol–water partition coefficient (Wildman–Crippen LogP) is 1.32. The Morgan fingerprint density at radius 3 is 2.67 bits per heavy atom. The summed E-state index contributed by atoms with van der Waals surface area (Å²) in [5.74, 6) is -0.527. The van der Waals surface area contributed by atoms with E-state index >= 15 is 0 Å². The van der Waals surface area contributed by atoms with E-state index in [2.05, 4.69) is 22.8 Å². The van der Waals surface area contributed by atoms with Gasteiger partial charge in [-0.1, -0.05) is 30.3 Å². The van der Waals surface area contributed by atoms with Crippen LogP contribution in [-0.4, -0.2) is 29.7 Å². The van der Waals surface area contributed by atoms with E-state index in [1.807, 2.05) is 18.2 Å². The van der Waals surface area contributed by atoms with E-state index in [9.17, 15) is 9.59 Å². The molecular weight excluding hydrogens is 232 g/mol. The van der Waals surface area contributed by atoms with Crippen molar-refractivity contribution in [3.05, 3.63) is 35.9 Å². The van der Waals surface area contributed by atoms with Crippen molar-refractivity contribution in [2.24, 2.45) is 0 Å². The van der Waals surface area contributed by atoms with Crippen LogP contribution in [0, 0.1) is 0 Å². The van der Waals surface area contributed by atoms with Crippen LogP contribution in [0.1, 0.15) is 24.3 Å². The molecule has 1 aliphatic carbocycles. The predicted molar refractivity (Wildman–Crippen MR) is 66.4 cm³/mol. The molecule has 0 radical (unpaired) electrons. The molecule has 0 saturated heterocycles. The number of rotatable bonds is 5. The molecule has 1 aliphatic rings. The van der Waals surface area contributed by atoms with E-state index in [-0.39, 0.29) is 25.0 Å². The number of hydrogen-bond donors (Lipinski definition) is 3. The molecule has 0 bridgehead atoms. The number of hydrogen-bond acceptors (Lipinski definition) is 2. The highest BCUT2D eigenvalue weighted by Gasteiger charge is 2.39. The summed E-state index contributed by atoms with van der Waals surface area (Å²) in [5.41, 5.74) is 1.23. The number of carboxylic acids is 1. The molecule has 5 nitrogen and oxygen atoms in total. The van der Waals surface area contributed by atoms with Crippen molar-refractivity contribution < 1.29 is 14.7 Å². The Bertz CT molecular complexity index is 433. The second-order valence-corrected chi connectivity index (χ2v) is 4.40. The summed E-state index contributed by atoms with van der Waals surface area (Å²) in [7, 11) is 0. The minimum Gasteiger partial charge on any atom is -0.481 e. The van der Waals surface area contributed by atoms with Gasteiger partial charge in [0.25, 0.3) is 0 Å². The number of nitrogens with one attached hydrogen (secondary N) is 2. The number of carboxylic acid groups (broad SMARTS) is 1. The molecule has 18 heavy (non-hydrogen) atoms. The van der Waals surface area contributed by atoms with Gasteiger partial charge < -0.3 is 15.7 Å². The maximum atomic E-state index is 11.4. The molecule has 0 aromatic heterocycles. The van der Waals surface area contributed by atoms with Crippen LogP contribution in [0.5, 0.6) is 0 Å². The third kappa shape index (κ3) is 3.48. The number of amides is 2. The molecule has 0 aliphatic heterocycles. The Morgan fingerprint density at radius 1 is 1.28 bits per heavy atom. The summed E-state index contributed by atoms with van der Waals surface area (Å²) in [4.78, 5) is 21.7. The van der Waals surface area contributed by atoms with Gasteiger partial charge in [0.05, 0.1) is 6.42 Å². The van der Waals surface area contributed by atoms with Crippen LogP contribution in [0.25, 0.3) is 0 Å². The third-order valence-corrected chi connectivity index (χ3v) is 2.96. The van der Waals surface area contributed by atoms with Crippen molar-refractivity contribution in [2.45, 2.75) is 24.8 Å². The minimum atomic E-state index is -0.913. The number of urea groups is 1. The van der Waals surface area contributed by atoms with Gasteiger partial charge in [0.1, 0.15) is 0 Å². The Balaban J connectivity index is 1.70. The fraction of sp³-hybridized carbons (Fsp3) is 0.385. The molecule has 2 rings (SSSR count). The van der Waals surface area contributed by atoms with Crippen LogP contribution in [0.4, 0.5) is 4.79 Å². The first-order valence-corrected chi connectivity index (χ1v) is 5.98. The van der Waals surface area contributed by atoms with Gasteiger partial charge in [-0.05, 0) is 12.0 Å². The van der Waals surface area contributed by atoms with Gasteiger partial charge in [0, 0.05) is 18.5 Å². The molecule has 1 fully saturated rings. The zero-order valence-electron chi connectivity index (χ0n) is 9.93. The van der Waals surface area contributed by atoms with E-state index in [1.165, 1.54) is 5.56 Å². The molecule has 1 saturated carbocycles. The van der Waals surface area contributed by atoms with Crippen molar-refractivity contribution in [3.63, 3.8) is 0 Å². The average Bonchev–Trinajstić information content (AvgIpc) is 3.09. The normalized spacial score (nSPS) is 21.1. The molecule has 3 N–H and O–H groups in total. The zero-order valence-corrected chi connectivity index (χ0v) is 9.93. The third-order valence-electron chi connectivity index (χ3n) is 2.96. The summed E-state index contributed by atoms with van der Waals surface area (Å²) < 4.78 is 0. The van der Waals surface area contributed by atoms with E-state index in [1.54, 1.807) is 0 Å². The van der Waals surface area contributed by atoms with Crippen LogP contribution in [0.3, 0.4) is 0 Å². The summed E-state index contributed by atoms with van der Waals surface area (Å²) in [6.45, 7) is 0.157. The Labute approximate surface area is 105 Å². The number of carbonyl (C=O) groups excluding carboxylic acids is 1. The van der Waals surface area contributed by atoms with Crippen LogP contribution >= 0.6 is 0 Å². The number of aliphatic carboxylic acids is 1. The highest BCUT2D eigenvalue weighted by atomic mass is 16.4. The maximum absolute atomic E-state index is 11.4. The molecule has 5 heteroatoms. The quantitative estimate of drug-likeness (QED) is 0.735. The highest BCUT2D eigenvalue weighted by molar-refractivity contribution is 5.75. The summed E-state index contributed by atoms with van der Waals surface area (Å²) >= 11 is 0. The van der Waals surface area contributed by atoms with Crippen LogP contribution in [0.2, 0.25) is 0 Å². The van der Waals surface area contributed by atoms with Crippen molar-refractivity contribution >= 4 is 12.0 Å². The van der Waals surface area contributed by atoms with Gasteiger partial charge >= 0.3 is 12.0 Å². The van der Waals surface area contributed by atoms with E-state index < -0.39 is 5.97 Å². The second kappa shape index (κ2) is 5.53. The maximum Gasteiger partial charge on any atom is 0.315 e. The van der Waals surface area contributed by atoms with Gasteiger partial charge in [-0.3, -0.25) is 4.79 Å². The Kier molecular flexibility index (Phi) is 3.82. The van der Waals surface area contributed by atoms with Gasteiger partial charge in [-0.15, -0.1) is 0 Å². The van der Waals surface area contributed by atoms with Gasteiger partial charge in [0.15, 0.2) is 0 Å². The SMILES string of the molecule is O=C(O)CCNC(=O)NC1CC1c1ccccc1. The monoisotopic (exact) mass is 248 g/mol. The lowest BCUT2D eigenvalue weighted by Crippen LogP contribution is -2.38. The van der Waals surface area contributed by atoms with Gasteiger partial charge in [-0.2, -0.15) is 0 Å². The Morgan fingerprint density at radius 2 is 2.00 bits per heavy atom. The lowest BCUT2D eigenvalue weighted by molar-refractivity contribution is -0.136. The smallest absolute Gasteiger partial charge is 0.315 e. The molecule has 96 valence electrons. The van der Waals surface area contributed by atoms with Crippen molar-refractivity contribution in [1.29, 1.82) is 0 Å². The molecule has 2 unspecified atom stereocenters. The van der Waals surface area contributed by atoms with E-state index in [4.69, 9.17) is 5.11 Å². The topological polar surface area (TPSA) is 78.4 Å². The fourth-order valence-electron chi connectivity index (χ4n) is 1.93. The molecule has 1 aromatic rings. The van der Waals surface area contributed by atoms with Crippen LogP contribution in [0.15, 0.2) is 30.3 Å². The summed E-state index contributed by atoms with van der Waals surface area (Å²) in [6.07, 6.45) is 0.885. The summed E-state index contributed by atoms with van der Waals surface area (Å²) in [5, 5.41) is 13.8. The minimum absolute atomic E-state index is 0.0554. The zero-order chi connectivity index (χ0) is 13.0. The molecule has 0 spiro atoms. The lowest BCUT2D eigenvalue weighted by Gasteiger charge is -2.06. The summed E-state index contributed by atoms with van der Waals surface area (Å²) in [6, 6.07) is 9.91. The Hall–Kier alpha value is -2.04. The molecule has 2 atom stereocenters. The lowest BCUT2D eigenvalue weighted by atomic mass is 10.1. The van der Waals surface area contributed by atoms with Crippen molar-refractivity contribution in [1.82, 2.24) is 10.6 Å². The number of benzene rings is 1. The van der Waals surface area contributed by atoms with Crippen LogP contribution < -0.4 is 10.6 Å². The molecule has 0 heterocycles. The fourth-order valence-corrected chi connectivity index (χ4v) is 1.93. The standard InChI is InChI=1S/C13H16N2O3/c16-12(17)6-7-14-13(18)15-11-8-10(11)9-4-2-1-3-5-9/h1-5,10-11H,6-8H2,(H,16,17)(H2,14,15,18). The van der Waals surface area contributed by atoms with Gasteiger partial charge in [-0.25, -0.2) is 4.79 Å². The molecular formula is C13H16N2O3. The van der Waals surface area contributed by atoms with Crippen LogP contribution in [-0.2, 0) is 4.79 Å². The van der Waals surface area contributed by atoms with Crippen molar-refractivity contribution in [2.75, 3.05) is 6.54 Å². The van der Waals surface area contributed by atoms with E-state index in [0.29, 0.717) is 5.92 Å². The molecule has 2 amide bonds. The molecule has 1 aromatic carbocycles.